The van der Waals surface area contributed by atoms with Gasteiger partial charge in [0, 0.05) is 23.1 Å². The van der Waals surface area contributed by atoms with Gasteiger partial charge in [0.15, 0.2) is 5.71 Å². The molecule has 1 amide bonds. The fourth-order valence-electron chi connectivity index (χ4n) is 4.78. The number of fused-ring (bicyclic) bond motifs is 2. The Morgan fingerprint density at radius 2 is 1.73 bits per heavy atom. The molecule has 1 aliphatic rings. The van der Waals surface area contributed by atoms with Crippen LogP contribution in [0.3, 0.4) is 0 Å². The Balaban J connectivity index is 1.27. The molecular formula is C32H32N2O7. The number of para-hydroxylation sites is 1. The maximum Gasteiger partial charge on any atom is 0.342 e. The summed E-state index contributed by atoms with van der Waals surface area (Å²) >= 11 is 0. The van der Waals surface area contributed by atoms with Gasteiger partial charge in [-0.15, -0.1) is 0 Å². The Morgan fingerprint density at radius 1 is 0.951 bits per heavy atom. The molecule has 3 aromatic carbocycles. The third-order valence-corrected chi connectivity index (χ3v) is 6.72. The molecule has 0 N–H and O–H groups in total. The van der Waals surface area contributed by atoms with Crippen molar-refractivity contribution in [3.63, 3.8) is 0 Å². The third kappa shape index (κ3) is 5.75. The molecule has 0 aliphatic carbocycles. The van der Waals surface area contributed by atoms with Gasteiger partial charge in [-0.05, 0) is 75.2 Å². The van der Waals surface area contributed by atoms with Gasteiger partial charge in [-0.25, -0.2) is 4.79 Å². The minimum absolute atomic E-state index is 0.162. The van der Waals surface area contributed by atoms with E-state index in [1.807, 2.05) is 61.5 Å². The molecule has 5 rings (SSSR count). The van der Waals surface area contributed by atoms with Gasteiger partial charge in [-0.3, -0.25) is 4.79 Å². The average molecular weight is 557 g/mol. The summed E-state index contributed by atoms with van der Waals surface area (Å²) in [4.78, 5) is 32.9. The van der Waals surface area contributed by atoms with Gasteiger partial charge in [0.2, 0.25) is 0 Å². The molecular weight excluding hydrogens is 524 g/mol. The number of furan rings is 1. The van der Waals surface area contributed by atoms with Gasteiger partial charge < -0.3 is 28.4 Å². The summed E-state index contributed by atoms with van der Waals surface area (Å²) in [5, 5.41) is 4.66. The highest BCUT2D eigenvalue weighted by Gasteiger charge is 2.34. The average Bonchev–Trinajstić information content (AvgIpc) is 3.50. The number of esters is 1. The molecule has 1 aromatic heterocycles. The number of benzene rings is 3. The van der Waals surface area contributed by atoms with Crippen LogP contribution in [0.25, 0.3) is 22.3 Å². The number of oxime groups is 1. The Hall–Kier alpha value is -4.79. The van der Waals surface area contributed by atoms with Gasteiger partial charge in [-0.1, -0.05) is 23.4 Å². The second-order valence-electron chi connectivity index (χ2n) is 9.30. The van der Waals surface area contributed by atoms with Crippen LogP contribution in [-0.2, 0) is 14.4 Å². The van der Waals surface area contributed by atoms with Crippen LogP contribution >= 0.6 is 0 Å². The van der Waals surface area contributed by atoms with Crippen molar-refractivity contribution in [1.82, 2.24) is 0 Å². The van der Waals surface area contributed by atoms with Crippen LogP contribution in [0.4, 0.5) is 5.69 Å². The van der Waals surface area contributed by atoms with Crippen LogP contribution in [0.2, 0.25) is 0 Å². The fourth-order valence-corrected chi connectivity index (χ4v) is 4.78. The lowest BCUT2D eigenvalue weighted by Crippen LogP contribution is -2.31. The van der Waals surface area contributed by atoms with E-state index < -0.39 is 5.97 Å². The molecule has 0 bridgehead atoms. The molecule has 212 valence electrons. The number of carbonyl (C=O) groups is 2. The first-order valence-electron chi connectivity index (χ1n) is 13.7. The molecule has 0 saturated carbocycles. The van der Waals surface area contributed by atoms with Crippen molar-refractivity contribution >= 4 is 34.2 Å². The lowest BCUT2D eigenvalue weighted by atomic mass is 10.1. The smallest absolute Gasteiger partial charge is 0.342 e. The van der Waals surface area contributed by atoms with Crippen LogP contribution < -0.4 is 14.4 Å². The number of ether oxygens (including phenoxy) is 3. The fraction of sp³-hybridized carbons (Fsp3) is 0.281. The number of carbonyl (C=O) groups excluding carboxylic acids is 2. The zero-order valence-corrected chi connectivity index (χ0v) is 23.3. The number of methoxy groups -OCH3 is 1. The van der Waals surface area contributed by atoms with Crippen LogP contribution in [0.5, 0.6) is 11.5 Å². The van der Waals surface area contributed by atoms with E-state index in [1.165, 1.54) is 0 Å². The summed E-state index contributed by atoms with van der Waals surface area (Å²) in [5.74, 6) is 1.12. The summed E-state index contributed by atoms with van der Waals surface area (Å²) in [6.07, 6.45) is 1.45. The lowest BCUT2D eigenvalue weighted by molar-refractivity contribution is -0.112. The third-order valence-electron chi connectivity index (χ3n) is 6.72. The molecule has 0 unspecified atom stereocenters. The molecule has 2 heterocycles. The molecule has 0 saturated heterocycles. The number of unbranched alkanes of at least 4 members (excludes halogenated alkanes) is 1. The van der Waals surface area contributed by atoms with Crippen LogP contribution in [0.1, 0.15) is 42.6 Å². The number of hydrogen-bond acceptors (Lipinski definition) is 8. The molecule has 0 spiro atoms. The zero-order valence-electron chi connectivity index (χ0n) is 23.3. The van der Waals surface area contributed by atoms with E-state index in [0.717, 1.165) is 29.7 Å². The maximum atomic E-state index is 13.0. The number of anilines is 1. The van der Waals surface area contributed by atoms with E-state index in [9.17, 15) is 9.59 Å². The van der Waals surface area contributed by atoms with E-state index in [-0.39, 0.29) is 12.5 Å². The zero-order chi connectivity index (χ0) is 28.8. The minimum atomic E-state index is -0.461. The molecule has 0 atom stereocenters. The topological polar surface area (TPSA) is 99.8 Å². The summed E-state index contributed by atoms with van der Waals surface area (Å²) in [5.41, 5.74) is 3.59. The molecule has 41 heavy (non-hydrogen) atoms. The highest BCUT2D eigenvalue weighted by molar-refractivity contribution is 6.54. The lowest BCUT2D eigenvalue weighted by Gasteiger charge is -2.16. The quantitative estimate of drug-likeness (QED) is 0.116. The molecule has 9 nitrogen and oxygen atoms in total. The van der Waals surface area contributed by atoms with Crippen molar-refractivity contribution in [3.8, 4) is 22.8 Å². The molecule has 9 heteroatoms. The number of hydrogen-bond donors (Lipinski definition) is 0. The monoisotopic (exact) mass is 556 g/mol. The number of rotatable bonds is 12. The Morgan fingerprint density at radius 3 is 2.49 bits per heavy atom. The standard InChI is InChI=1S/C32H32N2O7/c1-4-38-32(36)28-25-20-23(16-17-27(25)41-30(28)21-12-14-22(37-3)15-13-21)39-19-9-8-18-34-26-11-7-6-10-24(26)29(31(34)35)33-40-5-2/h6-7,10-17,20H,4-5,8-9,18-19H2,1-3H3/b33-29+. The first kappa shape index (κ1) is 27.8. The molecule has 0 radical (unpaired) electrons. The van der Waals surface area contributed by atoms with Gasteiger partial charge in [-0.2, -0.15) is 0 Å². The van der Waals surface area contributed by atoms with Crippen molar-refractivity contribution in [2.45, 2.75) is 26.7 Å². The molecule has 0 fully saturated rings. The SMILES string of the molecule is CCO/N=C1/C(=O)N(CCCCOc2ccc3oc(-c4ccc(OC)cc4)c(C(=O)OCC)c3c2)c2ccccc21. The van der Waals surface area contributed by atoms with E-state index in [1.54, 1.807) is 31.1 Å². The van der Waals surface area contributed by atoms with Gasteiger partial charge in [0.05, 0.1) is 26.0 Å². The van der Waals surface area contributed by atoms with Crippen molar-refractivity contribution in [2.24, 2.45) is 5.16 Å². The Bertz CT molecular complexity index is 1570. The highest BCUT2D eigenvalue weighted by atomic mass is 16.6. The molecule has 4 aromatic rings. The molecule has 1 aliphatic heterocycles. The minimum Gasteiger partial charge on any atom is -0.497 e. The largest absolute Gasteiger partial charge is 0.497 e. The van der Waals surface area contributed by atoms with Crippen LogP contribution in [-0.4, -0.2) is 51.1 Å². The second-order valence-corrected chi connectivity index (χ2v) is 9.30. The van der Waals surface area contributed by atoms with E-state index in [4.69, 9.17) is 23.5 Å². The van der Waals surface area contributed by atoms with Gasteiger partial charge >= 0.3 is 5.97 Å². The summed E-state index contributed by atoms with van der Waals surface area (Å²) < 4.78 is 22.7. The van der Waals surface area contributed by atoms with Crippen LogP contribution in [0, 0.1) is 0 Å². The normalized spacial score (nSPS) is 13.5. The first-order valence-corrected chi connectivity index (χ1v) is 13.7. The highest BCUT2D eigenvalue weighted by Crippen LogP contribution is 2.37. The van der Waals surface area contributed by atoms with Crippen LogP contribution in [0.15, 0.2) is 76.3 Å². The van der Waals surface area contributed by atoms with E-state index in [2.05, 4.69) is 5.16 Å². The second kappa shape index (κ2) is 12.6. The maximum absolute atomic E-state index is 13.0. The van der Waals surface area contributed by atoms with Gasteiger partial charge in [0.1, 0.15) is 35.0 Å². The predicted molar refractivity (Wildman–Crippen MR) is 156 cm³/mol. The summed E-state index contributed by atoms with van der Waals surface area (Å²) in [7, 11) is 1.60. The van der Waals surface area contributed by atoms with E-state index in [0.29, 0.717) is 59.3 Å². The number of nitrogens with zero attached hydrogens (tertiary/aromatic N) is 2. The van der Waals surface area contributed by atoms with Crippen molar-refractivity contribution in [2.75, 3.05) is 38.4 Å². The van der Waals surface area contributed by atoms with E-state index >= 15 is 0 Å². The number of amides is 1. The van der Waals surface area contributed by atoms with Gasteiger partial charge in [0.25, 0.3) is 5.91 Å². The van der Waals surface area contributed by atoms with Crippen molar-refractivity contribution < 1.29 is 33.1 Å². The first-order chi connectivity index (χ1) is 20.0. The van der Waals surface area contributed by atoms with Crippen molar-refractivity contribution in [3.05, 3.63) is 77.9 Å². The Kier molecular flexibility index (Phi) is 8.53. The predicted octanol–water partition coefficient (Wildman–Crippen LogP) is 6.23. The summed E-state index contributed by atoms with van der Waals surface area (Å²) in [6.45, 7) is 5.20. The summed E-state index contributed by atoms with van der Waals surface area (Å²) in [6, 6.07) is 20.3. The Labute approximate surface area is 238 Å². The van der Waals surface area contributed by atoms with Crippen molar-refractivity contribution in [1.29, 1.82) is 0 Å².